The molecule has 110 valence electrons. The zero-order chi connectivity index (χ0) is 14.5. The zero-order valence-electron chi connectivity index (χ0n) is 11.4. The van der Waals surface area contributed by atoms with Crippen molar-refractivity contribution in [3.63, 3.8) is 0 Å². The maximum absolute atomic E-state index is 11.1. The number of piperazine rings is 1. The van der Waals surface area contributed by atoms with Crippen molar-refractivity contribution in [2.45, 2.75) is 0 Å². The van der Waals surface area contributed by atoms with Crippen LogP contribution in [0.3, 0.4) is 0 Å². The maximum atomic E-state index is 11.1. The number of ether oxygens (including phenoxy) is 1. The van der Waals surface area contributed by atoms with E-state index in [1.54, 1.807) is 18.2 Å². The molecular weight excluding hydrogens is 299 g/mol. The maximum Gasteiger partial charge on any atom is 0.253 e. The summed E-state index contributed by atoms with van der Waals surface area (Å²) in [4.78, 5) is 15.7. The number of likely N-dealkylation sites (N-methyl/N-ethyl adjacent to an activating group) is 1. The molecule has 0 unspecified atom stereocenters. The molecular formula is C14H18Cl2N2O2. The number of nitrogens with zero attached hydrogens (tertiary/aromatic N) is 2. The van der Waals surface area contributed by atoms with Crippen molar-refractivity contribution in [2.24, 2.45) is 0 Å². The highest BCUT2D eigenvalue weighted by Gasteiger charge is 2.13. The fourth-order valence-corrected chi connectivity index (χ4v) is 2.58. The van der Waals surface area contributed by atoms with Crippen molar-refractivity contribution in [3.8, 4) is 5.75 Å². The van der Waals surface area contributed by atoms with E-state index in [4.69, 9.17) is 27.9 Å². The molecule has 1 saturated heterocycles. The van der Waals surface area contributed by atoms with Crippen LogP contribution in [0.5, 0.6) is 5.75 Å². The minimum atomic E-state index is -0.556. The smallest absolute Gasteiger partial charge is 0.253 e. The molecule has 2 rings (SSSR count). The summed E-state index contributed by atoms with van der Waals surface area (Å²) in [5.74, 6) is 0.658. The molecule has 0 amide bonds. The Morgan fingerprint density at radius 2 is 2.00 bits per heavy atom. The number of hydrogen-bond donors (Lipinski definition) is 0. The second-order valence-electron chi connectivity index (χ2n) is 4.91. The van der Waals surface area contributed by atoms with E-state index >= 15 is 0 Å². The van der Waals surface area contributed by atoms with Crippen LogP contribution in [0.25, 0.3) is 0 Å². The predicted molar refractivity (Wildman–Crippen MR) is 81.1 cm³/mol. The van der Waals surface area contributed by atoms with E-state index in [0.29, 0.717) is 22.9 Å². The van der Waals surface area contributed by atoms with Crippen LogP contribution in [0.1, 0.15) is 10.4 Å². The predicted octanol–water partition coefficient (Wildman–Crippen LogP) is 2.35. The van der Waals surface area contributed by atoms with Crippen molar-refractivity contribution in [2.75, 3.05) is 46.4 Å². The van der Waals surface area contributed by atoms with Gasteiger partial charge in [0.15, 0.2) is 0 Å². The molecule has 0 aromatic heterocycles. The molecule has 4 nitrogen and oxygen atoms in total. The zero-order valence-corrected chi connectivity index (χ0v) is 13.0. The van der Waals surface area contributed by atoms with Gasteiger partial charge in [0.1, 0.15) is 12.4 Å². The molecule has 0 N–H and O–H groups in total. The van der Waals surface area contributed by atoms with Crippen molar-refractivity contribution in [1.82, 2.24) is 9.80 Å². The van der Waals surface area contributed by atoms with Crippen LogP contribution in [-0.2, 0) is 0 Å². The summed E-state index contributed by atoms with van der Waals surface area (Å²) >= 11 is 11.4. The highest BCUT2D eigenvalue weighted by molar-refractivity contribution is 6.68. The summed E-state index contributed by atoms with van der Waals surface area (Å²) in [5.41, 5.74) is 0.305. The van der Waals surface area contributed by atoms with Gasteiger partial charge in [-0.3, -0.25) is 9.69 Å². The van der Waals surface area contributed by atoms with E-state index in [1.807, 2.05) is 0 Å². The molecule has 0 spiro atoms. The standard InChI is InChI=1S/C14H18Cl2N2O2/c1-17-4-6-18(7-5-17)8-9-20-11-2-3-12(14(16)19)13(15)10-11/h2-3,10H,4-9H2,1H3. The second-order valence-corrected chi connectivity index (χ2v) is 5.66. The Labute approximate surface area is 129 Å². The summed E-state index contributed by atoms with van der Waals surface area (Å²) < 4.78 is 5.66. The first kappa shape index (κ1) is 15.6. The van der Waals surface area contributed by atoms with Crippen molar-refractivity contribution in [1.29, 1.82) is 0 Å². The lowest BCUT2D eigenvalue weighted by Gasteiger charge is -2.32. The first-order valence-corrected chi connectivity index (χ1v) is 7.35. The number of benzene rings is 1. The fraction of sp³-hybridized carbons (Fsp3) is 0.500. The lowest BCUT2D eigenvalue weighted by Crippen LogP contribution is -2.45. The molecule has 20 heavy (non-hydrogen) atoms. The summed E-state index contributed by atoms with van der Waals surface area (Å²) in [5, 5.41) is -0.235. The van der Waals surface area contributed by atoms with Gasteiger partial charge >= 0.3 is 0 Å². The number of hydrogen-bond acceptors (Lipinski definition) is 4. The molecule has 1 heterocycles. The van der Waals surface area contributed by atoms with E-state index in [2.05, 4.69) is 16.8 Å². The Morgan fingerprint density at radius 3 is 2.60 bits per heavy atom. The molecule has 0 bridgehead atoms. The second kappa shape index (κ2) is 7.27. The Morgan fingerprint density at radius 1 is 1.30 bits per heavy atom. The fourth-order valence-electron chi connectivity index (χ4n) is 2.11. The molecule has 1 aromatic carbocycles. The minimum Gasteiger partial charge on any atom is -0.492 e. The topological polar surface area (TPSA) is 32.8 Å². The van der Waals surface area contributed by atoms with Gasteiger partial charge in [-0.05, 0) is 36.8 Å². The van der Waals surface area contributed by atoms with Crippen LogP contribution in [0.15, 0.2) is 18.2 Å². The van der Waals surface area contributed by atoms with E-state index < -0.39 is 5.24 Å². The van der Waals surface area contributed by atoms with Gasteiger partial charge in [0.25, 0.3) is 5.24 Å². The van der Waals surface area contributed by atoms with Gasteiger partial charge in [0.2, 0.25) is 0 Å². The average Bonchev–Trinajstić information content (AvgIpc) is 2.41. The summed E-state index contributed by atoms with van der Waals surface area (Å²) in [6.07, 6.45) is 0. The van der Waals surface area contributed by atoms with Crippen LogP contribution in [0.4, 0.5) is 0 Å². The highest BCUT2D eigenvalue weighted by atomic mass is 35.5. The van der Waals surface area contributed by atoms with E-state index in [9.17, 15) is 4.79 Å². The summed E-state index contributed by atoms with van der Waals surface area (Å²) in [6, 6.07) is 4.93. The van der Waals surface area contributed by atoms with Crippen LogP contribution in [0.2, 0.25) is 5.02 Å². The van der Waals surface area contributed by atoms with Gasteiger partial charge in [0, 0.05) is 32.7 Å². The van der Waals surface area contributed by atoms with Crippen molar-refractivity contribution < 1.29 is 9.53 Å². The van der Waals surface area contributed by atoms with Gasteiger partial charge in [-0.2, -0.15) is 0 Å². The van der Waals surface area contributed by atoms with Crippen LogP contribution < -0.4 is 4.74 Å². The molecule has 0 atom stereocenters. The summed E-state index contributed by atoms with van der Waals surface area (Å²) in [6.45, 7) is 5.83. The number of carbonyl (C=O) groups is 1. The Hall–Kier alpha value is -0.810. The van der Waals surface area contributed by atoms with Gasteiger partial charge in [-0.1, -0.05) is 11.6 Å². The molecule has 1 fully saturated rings. The number of halogens is 2. The average molecular weight is 317 g/mol. The van der Waals surface area contributed by atoms with Gasteiger partial charge < -0.3 is 9.64 Å². The van der Waals surface area contributed by atoms with Crippen LogP contribution in [0, 0.1) is 0 Å². The lowest BCUT2D eigenvalue weighted by molar-refractivity contribution is 0.108. The third kappa shape index (κ3) is 4.35. The molecule has 0 aliphatic carbocycles. The molecule has 1 aliphatic rings. The van der Waals surface area contributed by atoms with Crippen LogP contribution in [-0.4, -0.2) is 61.4 Å². The quantitative estimate of drug-likeness (QED) is 0.781. The minimum absolute atomic E-state index is 0.305. The number of rotatable bonds is 5. The third-order valence-electron chi connectivity index (χ3n) is 3.42. The molecule has 1 aromatic rings. The van der Waals surface area contributed by atoms with Crippen molar-refractivity contribution >= 4 is 28.4 Å². The van der Waals surface area contributed by atoms with Crippen molar-refractivity contribution in [3.05, 3.63) is 28.8 Å². The Bertz CT molecular complexity index is 474. The van der Waals surface area contributed by atoms with E-state index in [0.717, 1.165) is 32.7 Å². The first-order valence-electron chi connectivity index (χ1n) is 6.59. The monoisotopic (exact) mass is 316 g/mol. The Balaban J connectivity index is 1.79. The lowest BCUT2D eigenvalue weighted by atomic mass is 10.2. The van der Waals surface area contributed by atoms with Gasteiger partial charge in [-0.25, -0.2) is 0 Å². The summed E-state index contributed by atoms with van der Waals surface area (Å²) in [7, 11) is 2.13. The SMILES string of the molecule is CN1CCN(CCOc2ccc(C(=O)Cl)c(Cl)c2)CC1. The van der Waals surface area contributed by atoms with Gasteiger partial charge in [0.05, 0.1) is 10.6 Å². The molecule has 1 aliphatic heterocycles. The molecule has 6 heteroatoms. The Kier molecular flexibility index (Phi) is 5.66. The molecule has 0 radical (unpaired) electrons. The van der Waals surface area contributed by atoms with Gasteiger partial charge in [-0.15, -0.1) is 0 Å². The largest absolute Gasteiger partial charge is 0.492 e. The normalized spacial score (nSPS) is 17.1. The van der Waals surface area contributed by atoms with Crippen LogP contribution >= 0.6 is 23.2 Å². The highest BCUT2D eigenvalue weighted by Crippen LogP contribution is 2.23. The van der Waals surface area contributed by atoms with E-state index in [1.165, 1.54) is 0 Å². The third-order valence-corrected chi connectivity index (χ3v) is 3.94. The molecule has 0 saturated carbocycles. The first-order chi connectivity index (χ1) is 9.56. The number of carbonyl (C=O) groups excluding carboxylic acids is 1. The van der Waals surface area contributed by atoms with E-state index in [-0.39, 0.29) is 0 Å².